The summed E-state index contributed by atoms with van der Waals surface area (Å²) in [7, 11) is 0. The SMILES string of the molecule is C[C@@H]1[C@@H](C)OC(n2cc(F)c(=O)[nH]c2=O)[C@@H]1C. The molecule has 6 heteroatoms. The summed E-state index contributed by atoms with van der Waals surface area (Å²) < 4.78 is 19.9. The van der Waals surface area contributed by atoms with E-state index in [9.17, 15) is 14.0 Å². The summed E-state index contributed by atoms with van der Waals surface area (Å²) in [4.78, 5) is 24.5. The summed E-state index contributed by atoms with van der Waals surface area (Å²) in [6, 6.07) is 0. The fourth-order valence-corrected chi connectivity index (χ4v) is 2.12. The van der Waals surface area contributed by atoms with Gasteiger partial charge in [-0.25, -0.2) is 4.79 Å². The summed E-state index contributed by atoms with van der Waals surface area (Å²) in [6.07, 6.45) is 0.378. The van der Waals surface area contributed by atoms with Crippen LogP contribution in [0.2, 0.25) is 0 Å². The van der Waals surface area contributed by atoms with Gasteiger partial charge in [0.1, 0.15) is 6.23 Å². The highest BCUT2D eigenvalue weighted by Gasteiger charge is 2.38. The summed E-state index contributed by atoms with van der Waals surface area (Å²) in [5.74, 6) is -0.637. The number of nitrogens with zero attached hydrogens (tertiary/aromatic N) is 1. The first-order chi connectivity index (χ1) is 7.91. The van der Waals surface area contributed by atoms with Crippen molar-refractivity contribution in [2.24, 2.45) is 11.8 Å². The highest BCUT2D eigenvalue weighted by molar-refractivity contribution is 4.91. The van der Waals surface area contributed by atoms with Crippen LogP contribution >= 0.6 is 0 Å². The first-order valence-electron chi connectivity index (χ1n) is 5.58. The molecule has 5 nitrogen and oxygen atoms in total. The topological polar surface area (TPSA) is 64.1 Å². The van der Waals surface area contributed by atoms with Crippen molar-refractivity contribution in [3.05, 3.63) is 32.9 Å². The van der Waals surface area contributed by atoms with Crippen LogP contribution in [0.3, 0.4) is 0 Å². The van der Waals surface area contributed by atoms with E-state index in [1.54, 1.807) is 0 Å². The van der Waals surface area contributed by atoms with Crippen LogP contribution in [0.1, 0.15) is 27.0 Å². The van der Waals surface area contributed by atoms with Gasteiger partial charge >= 0.3 is 5.69 Å². The number of aromatic nitrogens is 2. The highest BCUT2D eigenvalue weighted by Crippen LogP contribution is 2.37. The molecule has 0 aliphatic carbocycles. The minimum Gasteiger partial charge on any atom is -0.354 e. The van der Waals surface area contributed by atoms with Crippen molar-refractivity contribution >= 4 is 0 Å². The third kappa shape index (κ3) is 1.93. The van der Waals surface area contributed by atoms with Gasteiger partial charge in [-0.2, -0.15) is 4.39 Å². The van der Waals surface area contributed by atoms with Crippen molar-refractivity contribution in [1.82, 2.24) is 9.55 Å². The molecule has 1 aliphatic heterocycles. The molecule has 0 bridgehead atoms. The zero-order chi connectivity index (χ0) is 12.7. The zero-order valence-corrected chi connectivity index (χ0v) is 9.94. The fraction of sp³-hybridized carbons (Fsp3) is 0.636. The number of nitrogens with one attached hydrogen (secondary N) is 1. The third-order valence-electron chi connectivity index (χ3n) is 3.57. The predicted molar refractivity (Wildman–Crippen MR) is 59.2 cm³/mol. The molecule has 1 aliphatic rings. The van der Waals surface area contributed by atoms with Gasteiger partial charge in [0.05, 0.1) is 12.3 Å². The van der Waals surface area contributed by atoms with E-state index in [0.717, 1.165) is 10.8 Å². The van der Waals surface area contributed by atoms with Crippen LogP contribution in [0.5, 0.6) is 0 Å². The largest absolute Gasteiger partial charge is 0.354 e. The number of H-pyrrole nitrogens is 1. The van der Waals surface area contributed by atoms with Gasteiger partial charge in [0, 0.05) is 5.92 Å². The van der Waals surface area contributed by atoms with Gasteiger partial charge in [-0.15, -0.1) is 0 Å². The predicted octanol–water partition coefficient (Wildman–Crippen LogP) is 0.865. The fourth-order valence-electron chi connectivity index (χ4n) is 2.12. The number of ether oxygens (including phenoxy) is 1. The molecule has 1 aromatic rings. The van der Waals surface area contributed by atoms with E-state index in [0.29, 0.717) is 0 Å². The summed E-state index contributed by atoms with van der Waals surface area (Å²) in [5.41, 5.74) is -1.65. The van der Waals surface area contributed by atoms with Crippen molar-refractivity contribution in [3.8, 4) is 0 Å². The van der Waals surface area contributed by atoms with Gasteiger partial charge in [-0.05, 0) is 12.8 Å². The lowest BCUT2D eigenvalue weighted by molar-refractivity contribution is -0.00822. The van der Waals surface area contributed by atoms with E-state index in [1.807, 2.05) is 25.8 Å². The lowest BCUT2D eigenvalue weighted by Crippen LogP contribution is -2.35. The number of rotatable bonds is 1. The Hall–Kier alpha value is -1.43. The highest BCUT2D eigenvalue weighted by atomic mass is 19.1. The van der Waals surface area contributed by atoms with Gasteiger partial charge in [0.2, 0.25) is 5.82 Å². The summed E-state index contributed by atoms with van der Waals surface area (Å²) >= 11 is 0. The van der Waals surface area contributed by atoms with Crippen molar-refractivity contribution in [3.63, 3.8) is 0 Å². The minimum atomic E-state index is -1.00. The molecule has 0 radical (unpaired) electrons. The molecule has 0 spiro atoms. The molecule has 17 heavy (non-hydrogen) atoms. The summed E-state index contributed by atoms with van der Waals surface area (Å²) in [5, 5.41) is 0. The monoisotopic (exact) mass is 242 g/mol. The lowest BCUT2D eigenvalue weighted by Gasteiger charge is -2.18. The Morgan fingerprint density at radius 1 is 1.29 bits per heavy atom. The maximum absolute atomic E-state index is 13.2. The zero-order valence-electron chi connectivity index (χ0n) is 9.94. The first-order valence-corrected chi connectivity index (χ1v) is 5.58. The Bertz CT molecular complexity index is 536. The van der Waals surface area contributed by atoms with Crippen molar-refractivity contribution in [2.45, 2.75) is 33.1 Å². The van der Waals surface area contributed by atoms with E-state index in [4.69, 9.17) is 4.74 Å². The van der Waals surface area contributed by atoms with Crippen LogP contribution in [-0.4, -0.2) is 15.7 Å². The number of hydrogen-bond acceptors (Lipinski definition) is 3. The molecule has 1 fully saturated rings. The molecule has 0 saturated carbocycles. The van der Waals surface area contributed by atoms with Gasteiger partial charge in [0.25, 0.3) is 5.56 Å². The quantitative estimate of drug-likeness (QED) is 0.794. The Morgan fingerprint density at radius 2 is 1.94 bits per heavy atom. The molecule has 2 heterocycles. The van der Waals surface area contributed by atoms with Crippen molar-refractivity contribution in [2.75, 3.05) is 0 Å². The summed E-state index contributed by atoms with van der Waals surface area (Å²) in [6.45, 7) is 5.87. The normalized spacial score (nSPS) is 32.9. The lowest BCUT2D eigenvalue weighted by atomic mass is 9.93. The third-order valence-corrected chi connectivity index (χ3v) is 3.57. The Balaban J connectivity index is 2.46. The number of hydrogen-bond donors (Lipinski definition) is 1. The average molecular weight is 242 g/mol. The van der Waals surface area contributed by atoms with Gasteiger partial charge in [-0.3, -0.25) is 14.3 Å². The molecule has 1 unspecified atom stereocenters. The molecule has 1 N–H and O–H groups in total. The smallest absolute Gasteiger partial charge is 0.330 e. The van der Waals surface area contributed by atoms with E-state index in [2.05, 4.69) is 0 Å². The first kappa shape index (κ1) is 12.0. The standard InChI is InChI=1S/C11H15FN2O3/c1-5-6(2)10(17-7(5)3)14-4-8(12)9(15)13-11(14)16/h4-7,10H,1-3H3,(H,13,15,16)/t5-,6+,7+,10?/m0/s1. The van der Waals surface area contributed by atoms with Gasteiger partial charge in [-0.1, -0.05) is 13.8 Å². The molecule has 0 amide bonds. The number of aromatic amines is 1. The van der Waals surface area contributed by atoms with Crippen LogP contribution in [0.4, 0.5) is 4.39 Å². The second-order valence-electron chi connectivity index (χ2n) is 4.59. The van der Waals surface area contributed by atoms with Gasteiger partial charge < -0.3 is 4.74 Å². The maximum atomic E-state index is 13.2. The van der Waals surface area contributed by atoms with Crippen LogP contribution in [0.15, 0.2) is 15.8 Å². The van der Waals surface area contributed by atoms with Crippen LogP contribution < -0.4 is 11.2 Å². The molecule has 94 valence electrons. The van der Waals surface area contributed by atoms with Crippen LogP contribution in [0, 0.1) is 17.7 Å². The van der Waals surface area contributed by atoms with Crippen molar-refractivity contribution < 1.29 is 9.13 Å². The molecule has 1 aromatic heterocycles. The van der Waals surface area contributed by atoms with E-state index < -0.39 is 23.3 Å². The molecule has 2 rings (SSSR count). The molecule has 0 aromatic carbocycles. The second-order valence-corrected chi connectivity index (χ2v) is 4.59. The molecule has 1 saturated heterocycles. The molecule has 4 atom stereocenters. The van der Waals surface area contributed by atoms with Crippen LogP contribution in [-0.2, 0) is 4.74 Å². The maximum Gasteiger partial charge on any atom is 0.330 e. The van der Waals surface area contributed by atoms with E-state index in [-0.39, 0.29) is 17.9 Å². The Morgan fingerprint density at radius 3 is 2.47 bits per heavy atom. The molecular formula is C11H15FN2O3. The second kappa shape index (κ2) is 4.10. The Kier molecular flexibility index (Phi) is 2.91. The Labute approximate surface area is 97.2 Å². The van der Waals surface area contributed by atoms with Crippen molar-refractivity contribution in [1.29, 1.82) is 0 Å². The van der Waals surface area contributed by atoms with Gasteiger partial charge in [0.15, 0.2) is 0 Å². The molecular weight excluding hydrogens is 227 g/mol. The van der Waals surface area contributed by atoms with E-state index >= 15 is 0 Å². The van der Waals surface area contributed by atoms with E-state index in [1.165, 1.54) is 0 Å². The number of halogens is 1. The van der Waals surface area contributed by atoms with Crippen LogP contribution in [0.25, 0.3) is 0 Å². The minimum absolute atomic E-state index is 0.00288. The average Bonchev–Trinajstić information content (AvgIpc) is 2.51.